The lowest BCUT2D eigenvalue weighted by Gasteiger charge is -2.23. The van der Waals surface area contributed by atoms with Crippen molar-refractivity contribution in [3.05, 3.63) is 29.8 Å². The molecule has 2 amide bonds. The quantitative estimate of drug-likeness (QED) is 0.695. The second-order valence-electron chi connectivity index (χ2n) is 5.46. The number of hydrogen-bond acceptors (Lipinski definition) is 4. The van der Waals surface area contributed by atoms with Crippen LogP contribution in [0, 0.1) is 5.92 Å². The molecule has 0 aromatic heterocycles. The average molecular weight is 322 g/mol. The molecule has 0 saturated heterocycles. The van der Waals surface area contributed by atoms with Crippen LogP contribution in [0.1, 0.15) is 31.1 Å². The summed E-state index contributed by atoms with van der Waals surface area (Å²) in [6, 6.07) is 4.77. The van der Waals surface area contributed by atoms with Crippen molar-refractivity contribution in [1.82, 2.24) is 10.6 Å². The number of carboxylic acid groups (broad SMARTS) is 1. The van der Waals surface area contributed by atoms with E-state index in [1.165, 1.54) is 14.0 Å². The fraction of sp³-hybridized carbons (Fsp3) is 0.438. The molecule has 0 fully saturated rings. The maximum atomic E-state index is 12.4. The summed E-state index contributed by atoms with van der Waals surface area (Å²) in [7, 11) is 1.45. The molecule has 2 atom stereocenters. The number of nitrogens with one attached hydrogen (secondary N) is 2. The summed E-state index contributed by atoms with van der Waals surface area (Å²) in [6.07, 6.45) is 0. The van der Waals surface area contributed by atoms with Crippen molar-refractivity contribution in [2.45, 2.75) is 32.9 Å². The molecule has 0 radical (unpaired) electrons. The summed E-state index contributed by atoms with van der Waals surface area (Å²) in [4.78, 5) is 35.4. The van der Waals surface area contributed by atoms with E-state index in [1.54, 1.807) is 38.1 Å². The number of ether oxygens (including phenoxy) is 1. The van der Waals surface area contributed by atoms with Gasteiger partial charge in [0.2, 0.25) is 5.91 Å². The van der Waals surface area contributed by atoms with Crippen LogP contribution in [0.3, 0.4) is 0 Å². The van der Waals surface area contributed by atoms with Crippen LogP contribution in [-0.4, -0.2) is 42.1 Å². The number of carbonyl (C=O) groups excluding carboxylic acids is 2. The zero-order chi connectivity index (χ0) is 17.6. The Kier molecular flexibility index (Phi) is 6.56. The van der Waals surface area contributed by atoms with Gasteiger partial charge in [-0.2, -0.15) is 0 Å². The molecule has 23 heavy (non-hydrogen) atoms. The molecule has 1 rings (SSSR count). The molecule has 3 N–H and O–H groups in total. The summed E-state index contributed by atoms with van der Waals surface area (Å²) in [5.41, 5.74) is 0.305. The molecule has 126 valence electrons. The fourth-order valence-electron chi connectivity index (χ4n) is 1.95. The lowest BCUT2D eigenvalue weighted by Crippen LogP contribution is -2.53. The van der Waals surface area contributed by atoms with Gasteiger partial charge in [-0.05, 0) is 25.0 Å². The molecule has 0 saturated carbocycles. The van der Waals surface area contributed by atoms with Gasteiger partial charge in [-0.1, -0.05) is 26.0 Å². The SMILES string of the molecule is COc1ccccc1C(=O)NC(C(=O)N[C@H](C)C(=O)O)C(C)C. The summed E-state index contributed by atoms with van der Waals surface area (Å²) < 4.78 is 5.13. The van der Waals surface area contributed by atoms with Crippen LogP contribution in [0.4, 0.5) is 0 Å². The van der Waals surface area contributed by atoms with Gasteiger partial charge >= 0.3 is 5.97 Å². The Morgan fingerprint density at radius 3 is 2.22 bits per heavy atom. The first-order valence-corrected chi connectivity index (χ1v) is 7.25. The van der Waals surface area contributed by atoms with Crippen molar-refractivity contribution in [3.8, 4) is 5.75 Å². The molecule has 0 aliphatic rings. The normalized spacial score (nSPS) is 13.1. The van der Waals surface area contributed by atoms with E-state index >= 15 is 0 Å². The third-order valence-electron chi connectivity index (χ3n) is 3.32. The highest BCUT2D eigenvalue weighted by molar-refractivity contribution is 6.00. The summed E-state index contributed by atoms with van der Waals surface area (Å²) >= 11 is 0. The number of benzene rings is 1. The van der Waals surface area contributed by atoms with Gasteiger partial charge in [0, 0.05) is 0 Å². The number of aliphatic carboxylic acids is 1. The smallest absolute Gasteiger partial charge is 0.325 e. The molecular formula is C16H22N2O5. The summed E-state index contributed by atoms with van der Waals surface area (Å²) in [5.74, 6) is -1.96. The van der Waals surface area contributed by atoms with Crippen LogP contribution in [-0.2, 0) is 9.59 Å². The second kappa shape index (κ2) is 8.17. The van der Waals surface area contributed by atoms with Gasteiger partial charge in [0.05, 0.1) is 12.7 Å². The predicted molar refractivity (Wildman–Crippen MR) is 84.3 cm³/mol. The number of para-hydroxylation sites is 1. The van der Waals surface area contributed by atoms with Gasteiger partial charge < -0.3 is 20.5 Å². The summed E-state index contributed by atoms with van der Waals surface area (Å²) in [5, 5.41) is 13.9. The zero-order valence-electron chi connectivity index (χ0n) is 13.6. The maximum absolute atomic E-state index is 12.4. The van der Waals surface area contributed by atoms with Gasteiger partial charge in [-0.25, -0.2) is 0 Å². The second-order valence-corrected chi connectivity index (χ2v) is 5.46. The lowest BCUT2D eigenvalue weighted by atomic mass is 10.0. The van der Waals surface area contributed by atoms with Gasteiger partial charge in [0.15, 0.2) is 0 Å². The highest BCUT2D eigenvalue weighted by Gasteiger charge is 2.27. The minimum Gasteiger partial charge on any atom is -0.496 e. The minimum atomic E-state index is -1.14. The maximum Gasteiger partial charge on any atom is 0.325 e. The predicted octanol–water partition coefficient (Wildman–Crippen LogP) is 1.04. The average Bonchev–Trinajstić information content (AvgIpc) is 2.51. The highest BCUT2D eigenvalue weighted by Crippen LogP contribution is 2.17. The number of rotatable bonds is 7. The molecule has 0 heterocycles. The standard InChI is InChI=1S/C16H22N2O5/c1-9(2)13(15(20)17-10(3)16(21)22)18-14(19)11-7-5-6-8-12(11)23-4/h5-10,13H,1-4H3,(H,17,20)(H,18,19)(H,21,22)/t10-,13?/m1/s1. The van der Waals surface area contributed by atoms with E-state index in [1.807, 2.05) is 0 Å². The fourth-order valence-corrected chi connectivity index (χ4v) is 1.95. The first kappa shape index (κ1) is 18.5. The molecular weight excluding hydrogens is 300 g/mol. The Morgan fingerprint density at radius 2 is 1.70 bits per heavy atom. The van der Waals surface area contributed by atoms with Crippen LogP contribution < -0.4 is 15.4 Å². The van der Waals surface area contributed by atoms with E-state index in [9.17, 15) is 14.4 Å². The monoisotopic (exact) mass is 322 g/mol. The third kappa shape index (κ3) is 4.98. The van der Waals surface area contributed by atoms with Crippen LogP contribution in [0.5, 0.6) is 5.75 Å². The van der Waals surface area contributed by atoms with Gasteiger partial charge in [0.1, 0.15) is 17.8 Å². The molecule has 1 unspecified atom stereocenters. The largest absolute Gasteiger partial charge is 0.496 e. The van der Waals surface area contributed by atoms with Crippen molar-refractivity contribution in [3.63, 3.8) is 0 Å². The number of carboxylic acids is 1. The van der Waals surface area contributed by atoms with Crippen molar-refractivity contribution >= 4 is 17.8 Å². The van der Waals surface area contributed by atoms with E-state index < -0.39 is 29.9 Å². The van der Waals surface area contributed by atoms with Crippen LogP contribution in [0.2, 0.25) is 0 Å². The number of methoxy groups -OCH3 is 1. The molecule has 7 heteroatoms. The van der Waals surface area contributed by atoms with E-state index in [-0.39, 0.29) is 5.92 Å². The summed E-state index contributed by atoms with van der Waals surface area (Å²) in [6.45, 7) is 4.88. The molecule has 1 aromatic carbocycles. The Bertz CT molecular complexity index is 586. The van der Waals surface area contributed by atoms with Crippen molar-refractivity contribution < 1.29 is 24.2 Å². The van der Waals surface area contributed by atoms with E-state index in [0.29, 0.717) is 11.3 Å². The van der Waals surface area contributed by atoms with Crippen molar-refractivity contribution in [2.75, 3.05) is 7.11 Å². The van der Waals surface area contributed by atoms with E-state index in [4.69, 9.17) is 9.84 Å². The molecule has 1 aromatic rings. The van der Waals surface area contributed by atoms with Crippen LogP contribution in [0.25, 0.3) is 0 Å². The molecule has 7 nitrogen and oxygen atoms in total. The topological polar surface area (TPSA) is 105 Å². The number of hydrogen-bond donors (Lipinski definition) is 3. The van der Waals surface area contributed by atoms with Crippen molar-refractivity contribution in [1.29, 1.82) is 0 Å². The molecule has 0 bridgehead atoms. The first-order valence-electron chi connectivity index (χ1n) is 7.25. The van der Waals surface area contributed by atoms with Crippen molar-refractivity contribution in [2.24, 2.45) is 5.92 Å². The van der Waals surface area contributed by atoms with E-state index in [2.05, 4.69) is 10.6 Å². The third-order valence-corrected chi connectivity index (χ3v) is 3.32. The number of amides is 2. The Hall–Kier alpha value is -2.57. The first-order chi connectivity index (χ1) is 10.8. The Balaban J connectivity index is 2.89. The molecule has 0 aliphatic heterocycles. The Morgan fingerprint density at radius 1 is 1.09 bits per heavy atom. The van der Waals surface area contributed by atoms with Gasteiger partial charge in [-0.3, -0.25) is 14.4 Å². The molecule has 0 aliphatic carbocycles. The highest BCUT2D eigenvalue weighted by atomic mass is 16.5. The Labute approximate surface area is 135 Å². The molecule has 0 spiro atoms. The number of carbonyl (C=O) groups is 3. The minimum absolute atomic E-state index is 0.213. The zero-order valence-corrected chi connectivity index (χ0v) is 13.6. The lowest BCUT2D eigenvalue weighted by molar-refractivity contribution is -0.141. The van der Waals surface area contributed by atoms with Crippen LogP contribution in [0.15, 0.2) is 24.3 Å². The van der Waals surface area contributed by atoms with E-state index in [0.717, 1.165) is 0 Å². The van der Waals surface area contributed by atoms with Crippen LogP contribution >= 0.6 is 0 Å². The van der Waals surface area contributed by atoms with Gasteiger partial charge in [-0.15, -0.1) is 0 Å². The van der Waals surface area contributed by atoms with Gasteiger partial charge in [0.25, 0.3) is 5.91 Å².